The zero-order valence-electron chi connectivity index (χ0n) is 13.7. The smallest absolute Gasteiger partial charge is 0.224 e. The first-order chi connectivity index (χ1) is 12.2. The molecule has 0 aliphatic heterocycles. The van der Waals surface area contributed by atoms with Crippen molar-refractivity contribution < 1.29 is 18.3 Å². The molecule has 1 aromatic heterocycles. The Morgan fingerprint density at radius 3 is 2.68 bits per heavy atom. The number of carbonyl (C=O) groups excluding carboxylic acids is 1. The summed E-state index contributed by atoms with van der Waals surface area (Å²) in [4.78, 5) is 16.1. The maximum Gasteiger partial charge on any atom is 0.224 e. The fourth-order valence-corrected chi connectivity index (χ4v) is 2.33. The summed E-state index contributed by atoms with van der Waals surface area (Å²) in [7, 11) is 1.58. The molecule has 128 valence electrons. The average molecular weight is 340 g/mol. The maximum absolute atomic E-state index is 13.7. The predicted molar refractivity (Wildman–Crippen MR) is 91.8 cm³/mol. The number of hydrogen-bond donors (Lipinski definition) is 1. The van der Waals surface area contributed by atoms with Crippen molar-refractivity contribution in [1.82, 2.24) is 4.98 Å². The number of halogens is 1. The molecule has 0 unspecified atom stereocenters. The summed E-state index contributed by atoms with van der Waals surface area (Å²) in [5.41, 5.74) is 1.04. The standard InChI is InChI=1S/C19H17FN2O3/c1-24-14-8-6-13(7-9-14)22-18(23)10-11-19-21-12-17(25-19)15-4-2-3-5-16(15)20/h2-9,12H,10-11H2,1H3,(H,22,23). The van der Waals surface area contributed by atoms with Crippen LogP contribution in [0.3, 0.4) is 0 Å². The minimum absolute atomic E-state index is 0.157. The van der Waals surface area contributed by atoms with E-state index in [4.69, 9.17) is 9.15 Å². The van der Waals surface area contributed by atoms with Crippen LogP contribution in [0.15, 0.2) is 59.1 Å². The van der Waals surface area contributed by atoms with Crippen molar-refractivity contribution in [2.45, 2.75) is 12.8 Å². The number of aryl methyl sites for hydroxylation is 1. The topological polar surface area (TPSA) is 64.4 Å². The van der Waals surface area contributed by atoms with Gasteiger partial charge in [-0.3, -0.25) is 4.79 Å². The molecule has 1 heterocycles. The summed E-state index contributed by atoms with van der Waals surface area (Å²) in [6, 6.07) is 13.4. The van der Waals surface area contributed by atoms with Gasteiger partial charge in [-0.1, -0.05) is 12.1 Å². The van der Waals surface area contributed by atoms with Crippen molar-refractivity contribution >= 4 is 11.6 Å². The molecule has 25 heavy (non-hydrogen) atoms. The molecule has 3 aromatic rings. The molecule has 2 aromatic carbocycles. The minimum Gasteiger partial charge on any atom is -0.497 e. The molecule has 0 bridgehead atoms. The Hall–Kier alpha value is -3.15. The quantitative estimate of drug-likeness (QED) is 0.735. The summed E-state index contributed by atoms with van der Waals surface area (Å²) >= 11 is 0. The van der Waals surface area contributed by atoms with Crippen LogP contribution in [-0.4, -0.2) is 18.0 Å². The zero-order chi connectivity index (χ0) is 17.6. The first-order valence-corrected chi connectivity index (χ1v) is 7.79. The lowest BCUT2D eigenvalue weighted by Gasteiger charge is -2.05. The van der Waals surface area contributed by atoms with Crippen LogP contribution < -0.4 is 10.1 Å². The van der Waals surface area contributed by atoms with Crippen molar-refractivity contribution in [2.75, 3.05) is 12.4 Å². The van der Waals surface area contributed by atoms with Crippen molar-refractivity contribution in [3.8, 4) is 17.1 Å². The van der Waals surface area contributed by atoms with Gasteiger partial charge in [-0.2, -0.15) is 0 Å². The van der Waals surface area contributed by atoms with Gasteiger partial charge in [0.25, 0.3) is 0 Å². The monoisotopic (exact) mass is 340 g/mol. The van der Waals surface area contributed by atoms with Gasteiger partial charge in [0.1, 0.15) is 11.6 Å². The second-order valence-electron chi connectivity index (χ2n) is 5.37. The molecule has 0 atom stereocenters. The van der Waals surface area contributed by atoms with Crippen molar-refractivity contribution in [1.29, 1.82) is 0 Å². The number of nitrogens with zero attached hydrogens (tertiary/aromatic N) is 1. The Labute approximate surface area is 144 Å². The molecule has 5 nitrogen and oxygen atoms in total. The van der Waals surface area contributed by atoms with Gasteiger partial charge in [0.05, 0.1) is 18.9 Å². The number of nitrogens with one attached hydrogen (secondary N) is 1. The van der Waals surface area contributed by atoms with E-state index in [1.165, 1.54) is 12.3 Å². The lowest BCUT2D eigenvalue weighted by atomic mass is 10.2. The lowest BCUT2D eigenvalue weighted by Crippen LogP contribution is -2.12. The zero-order valence-corrected chi connectivity index (χ0v) is 13.7. The van der Waals surface area contributed by atoms with Crippen molar-refractivity contribution in [3.63, 3.8) is 0 Å². The van der Waals surface area contributed by atoms with Gasteiger partial charge < -0.3 is 14.5 Å². The Morgan fingerprint density at radius 1 is 1.20 bits per heavy atom. The van der Waals surface area contributed by atoms with E-state index in [9.17, 15) is 9.18 Å². The van der Waals surface area contributed by atoms with Crippen LogP contribution in [0.25, 0.3) is 11.3 Å². The second kappa shape index (κ2) is 7.61. The third-order valence-electron chi connectivity index (χ3n) is 3.63. The average Bonchev–Trinajstić information content (AvgIpc) is 3.10. The van der Waals surface area contributed by atoms with E-state index >= 15 is 0 Å². The van der Waals surface area contributed by atoms with Crippen LogP contribution in [0, 0.1) is 5.82 Å². The van der Waals surface area contributed by atoms with Crippen LogP contribution in [-0.2, 0) is 11.2 Å². The minimum atomic E-state index is -0.373. The van der Waals surface area contributed by atoms with E-state index in [2.05, 4.69) is 10.3 Å². The van der Waals surface area contributed by atoms with E-state index < -0.39 is 0 Å². The van der Waals surface area contributed by atoms with Gasteiger partial charge >= 0.3 is 0 Å². The SMILES string of the molecule is COc1ccc(NC(=O)CCc2ncc(-c3ccccc3F)o2)cc1. The van der Waals surface area contributed by atoms with Gasteiger partial charge in [-0.15, -0.1) is 0 Å². The third-order valence-corrected chi connectivity index (χ3v) is 3.63. The summed E-state index contributed by atoms with van der Waals surface area (Å²) in [6.45, 7) is 0. The number of hydrogen-bond acceptors (Lipinski definition) is 4. The van der Waals surface area contributed by atoms with Gasteiger partial charge in [-0.05, 0) is 36.4 Å². The van der Waals surface area contributed by atoms with Crippen molar-refractivity contribution in [2.24, 2.45) is 0 Å². The van der Waals surface area contributed by atoms with E-state index in [1.54, 1.807) is 49.6 Å². The number of methoxy groups -OCH3 is 1. The highest BCUT2D eigenvalue weighted by molar-refractivity contribution is 5.90. The van der Waals surface area contributed by atoms with Gasteiger partial charge in [-0.25, -0.2) is 9.37 Å². The highest BCUT2D eigenvalue weighted by atomic mass is 19.1. The van der Waals surface area contributed by atoms with Gasteiger partial charge in [0, 0.05) is 18.5 Å². The molecular formula is C19H17FN2O3. The second-order valence-corrected chi connectivity index (χ2v) is 5.37. The summed E-state index contributed by atoms with van der Waals surface area (Å²) in [5.74, 6) is 0.934. The molecule has 1 amide bonds. The summed E-state index contributed by atoms with van der Waals surface area (Å²) in [5, 5.41) is 2.79. The number of ether oxygens (including phenoxy) is 1. The Morgan fingerprint density at radius 2 is 1.96 bits per heavy atom. The fourth-order valence-electron chi connectivity index (χ4n) is 2.33. The first kappa shape index (κ1) is 16.7. The van der Waals surface area contributed by atoms with E-state index in [-0.39, 0.29) is 18.1 Å². The summed E-state index contributed by atoms with van der Waals surface area (Å²) in [6.07, 6.45) is 2.01. The van der Waals surface area contributed by atoms with Crippen LogP contribution in [0.4, 0.5) is 10.1 Å². The van der Waals surface area contributed by atoms with Crippen LogP contribution in [0.2, 0.25) is 0 Å². The largest absolute Gasteiger partial charge is 0.497 e. The van der Waals surface area contributed by atoms with Crippen LogP contribution in [0.1, 0.15) is 12.3 Å². The number of anilines is 1. The molecule has 0 saturated carbocycles. The van der Waals surface area contributed by atoms with Gasteiger partial charge in [0.15, 0.2) is 11.7 Å². The van der Waals surface area contributed by atoms with Crippen LogP contribution in [0.5, 0.6) is 5.75 Å². The molecule has 3 rings (SSSR count). The molecule has 0 aliphatic carbocycles. The number of benzene rings is 2. The molecule has 0 fully saturated rings. The van der Waals surface area contributed by atoms with E-state index in [1.807, 2.05) is 0 Å². The number of rotatable bonds is 6. The predicted octanol–water partition coefficient (Wildman–Crippen LogP) is 4.06. The highest BCUT2D eigenvalue weighted by Gasteiger charge is 2.12. The van der Waals surface area contributed by atoms with Crippen molar-refractivity contribution in [3.05, 3.63) is 66.4 Å². The van der Waals surface area contributed by atoms with E-state index in [0.29, 0.717) is 29.3 Å². The Bertz CT molecular complexity index is 859. The number of aromatic nitrogens is 1. The number of oxazole rings is 1. The molecule has 0 radical (unpaired) electrons. The Kier molecular flexibility index (Phi) is 5.09. The molecule has 6 heteroatoms. The highest BCUT2D eigenvalue weighted by Crippen LogP contribution is 2.23. The fraction of sp³-hybridized carbons (Fsp3) is 0.158. The maximum atomic E-state index is 13.7. The number of carbonyl (C=O) groups is 1. The van der Waals surface area contributed by atoms with E-state index in [0.717, 1.165) is 5.75 Å². The molecular weight excluding hydrogens is 323 g/mol. The van der Waals surface area contributed by atoms with Crippen LogP contribution >= 0.6 is 0 Å². The molecule has 0 aliphatic rings. The normalized spacial score (nSPS) is 10.5. The first-order valence-electron chi connectivity index (χ1n) is 7.79. The third kappa shape index (κ3) is 4.23. The van der Waals surface area contributed by atoms with Gasteiger partial charge in [0.2, 0.25) is 5.91 Å². The Balaban J connectivity index is 1.56. The number of amides is 1. The molecule has 1 N–H and O–H groups in total. The molecule has 0 spiro atoms. The molecule has 0 saturated heterocycles. The summed E-state index contributed by atoms with van der Waals surface area (Å²) < 4.78 is 24.3. The lowest BCUT2D eigenvalue weighted by molar-refractivity contribution is -0.116.